The van der Waals surface area contributed by atoms with Gasteiger partial charge in [0.1, 0.15) is 0 Å². The molecule has 0 saturated carbocycles. The lowest BCUT2D eigenvalue weighted by atomic mass is 10.0. The lowest BCUT2D eigenvalue weighted by molar-refractivity contribution is -0.136. The molecule has 0 radical (unpaired) electrons. The van der Waals surface area contributed by atoms with Gasteiger partial charge in [-0.15, -0.1) is 0 Å². The Balaban J connectivity index is 2.58. The van der Waals surface area contributed by atoms with E-state index in [1.807, 2.05) is 45.0 Å². The molecular formula is C17H22N2O3. The van der Waals surface area contributed by atoms with Crippen LogP contribution >= 0.6 is 0 Å². The third-order valence-corrected chi connectivity index (χ3v) is 3.64. The molecule has 2 aromatic rings. The number of hydrogen-bond acceptors (Lipinski definition) is 3. The minimum Gasteiger partial charge on any atom is -0.481 e. The van der Waals surface area contributed by atoms with Crippen LogP contribution in [-0.4, -0.2) is 28.0 Å². The average molecular weight is 302 g/mol. The van der Waals surface area contributed by atoms with Gasteiger partial charge < -0.3 is 9.84 Å². The SMILES string of the molecule is COc1c(CCC(=O)O)c(C(C)C)nn1-c1ccccc1C. The highest BCUT2D eigenvalue weighted by atomic mass is 16.5. The van der Waals surface area contributed by atoms with E-state index in [1.54, 1.807) is 11.8 Å². The Hall–Kier alpha value is -2.30. The fourth-order valence-electron chi connectivity index (χ4n) is 2.56. The Bertz CT molecular complexity index is 675. The number of ether oxygens (including phenoxy) is 1. The van der Waals surface area contributed by atoms with Crippen LogP contribution in [0.2, 0.25) is 0 Å². The summed E-state index contributed by atoms with van der Waals surface area (Å²) in [5.74, 6) is 0.00242. The summed E-state index contributed by atoms with van der Waals surface area (Å²) >= 11 is 0. The topological polar surface area (TPSA) is 64.3 Å². The van der Waals surface area contributed by atoms with Crippen LogP contribution in [0.25, 0.3) is 5.69 Å². The summed E-state index contributed by atoms with van der Waals surface area (Å²) in [7, 11) is 1.60. The molecule has 2 rings (SSSR count). The number of aliphatic carboxylic acids is 1. The molecule has 5 nitrogen and oxygen atoms in total. The van der Waals surface area contributed by atoms with Gasteiger partial charge in [0.25, 0.3) is 0 Å². The van der Waals surface area contributed by atoms with Gasteiger partial charge in [-0.25, -0.2) is 4.68 Å². The first kappa shape index (κ1) is 16.1. The van der Waals surface area contributed by atoms with Gasteiger partial charge in [0.15, 0.2) is 0 Å². The summed E-state index contributed by atoms with van der Waals surface area (Å²) in [5, 5.41) is 13.7. The predicted octanol–water partition coefficient (Wildman–Crippen LogP) is 3.33. The lowest BCUT2D eigenvalue weighted by Gasteiger charge is -2.10. The van der Waals surface area contributed by atoms with Crippen molar-refractivity contribution in [3.05, 3.63) is 41.1 Å². The third kappa shape index (κ3) is 3.13. The molecule has 0 unspecified atom stereocenters. The smallest absolute Gasteiger partial charge is 0.303 e. The van der Waals surface area contributed by atoms with E-state index in [1.165, 1.54) is 0 Å². The standard InChI is InChI=1S/C17H22N2O3/c1-11(2)16-13(9-10-15(20)21)17(22-4)19(18-16)14-8-6-5-7-12(14)3/h5-8,11H,9-10H2,1-4H3,(H,20,21). The van der Waals surface area contributed by atoms with Crippen molar-refractivity contribution in [2.24, 2.45) is 0 Å². The number of aromatic nitrogens is 2. The average Bonchev–Trinajstić information content (AvgIpc) is 2.84. The second-order valence-electron chi connectivity index (χ2n) is 5.62. The van der Waals surface area contributed by atoms with E-state index in [0.717, 1.165) is 22.5 Å². The van der Waals surface area contributed by atoms with E-state index in [2.05, 4.69) is 5.10 Å². The van der Waals surface area contributed by atoms with Crippen molar-refractivity contribution in [2.45, 2.75) is 39.5 Å². The quantitative estimate of drug-likeness (QED) is 0.889. The van der Waals surface area contributed by atoms with Gasteiger partial charge in [-0.1, -0.05) is 32.0 Å². The first-order chi connectivity index (χ1) is 10.5. The molecule has 0 aliphatic heterocycles. The second-order valence-corrected chi connectivity index (χ2v) is 5.62. The molecule has 0 bridgehead atoms. The summed E-state index contributed by atoms with van der Waals surface area (Å²) in [6.45, 7) is 6.12. The number of aryl methyl sites for hydroxylation is 1. The van der Waals surface area contributed by atoms with Crippen LogP contribution in [0.4, 0.5) is 0 Å². The summed E-state index contributed by atoms with van der Waals surface area (Å²) in [6, 6.07) is 7.93. The van der Waals surface area contributed by atoms with Gasteiger partial charge in [0.2, 0.25) is 5.88 Å². The second kappa shape index (κ2) is 6.64. The van der Waals surface area contributed by atoms with Crippen molar-refractivity contribution in [1.29, 1.82) is 0 Å². The predicted molar refractivity (Wildman–Crippen MR) is 84.9 cm³/mol. The molecule has 0 spiro atoms. The van der Waals surface area contributed by atoms with Gasteiger partial charge in [-0.3, -0.25) is 4.79 Å². The van der Waals surface area contributed by atoms with Crippen LogP contribution < -0.4 is 4.74 Å². The molecule has 0 saturated heterocycles. The molecule has 5 heteroatoms. The van der Waals surface area contributed by atoms with E-state index in [4.69, 9.17) is 9.84 Å². The largest absolute Gasteiger partial charge is 0.481 e. The zero-order valence-electron chi connectivity index (χ0n) is 13.5. The molecule has 22 heavy (non-hydrogen) atoms. The Labute approximate surface area is 130 Å². The summed E-state index contributed by atoms with van der Waals surface area (Å²) in [6.07, 6.45) is 0.480. The molecule has 0 amide bonds. The third-order valence-electron chi connectivity index (χ3n) is 3.64. The van der Waals surface area contributed by atoms with Gasteiger partial charge in [0.05, 0.1) is 18.5 Å². The van der Waals surface area contributed by atoms with Crippen LogP contribution in [0.1, 0.15) is 43.0 Å². The highest BCUT2D eigenvalue weighted by molar-refractivity contribution is 5.67. The molecule has 0 aliphatic carbocycles. The lowest BCUT2D eigenvalue weighted by Crippen LogP contribution is -2.03. The Morgan fingerprint density at radius 3 is 2.59 bits per heavy atom. The van der Waals surface area contributed by atoms with E-state index in [0.29, 0.717) is 12.3 Å². The van der Waals surface area contributed by atoms with Crippen LogP contribution in [0.3, 0.4) is 0 Å². The Morgan fingerprint density at radius 1 is 1.36 bits per heavy atom. The van der Waals surface area contributed by atoms with Crippen molar-refractivity contribution in [2.75, 3.05) is 7.11 Å². The molecule has 0 atom stereocenters. The molecule has 0 fully saturated rings. The molecule has 1 aromatic heterocycles. The van der Waals surface area contributed by atoms with Gasteiger partial charge in [-0.2, -0.15) is 5.10 Å². The number of carboxylic acids is 1. The molecule has 1 N–H and O–H groups in total. The van der Waals surface area contributed by atoms with E-state index in [-0.39, 0.29) is 12.3 Å². The number of hydrogen-bond donors (Lipinski definition) is 1. The fraction of sp³-hybridized carbons (Fsp3) is 0.412. The van der Waals surface area contributed by atoms with Crippen LogP contribution in [0, 0.1) is 6.92 Å². The number of carbonyl (C=O) groups is 1. The maximum absolute atomic E-state index is 10.9. The van der Waals surface area contributed by atoms with Crippen LogP contribution in [-0.2, 0) is 11.2 Å². The molecular weight excluding hydrogens is 280 g/mol. The number of para-hydroxylation sites is 1. The van der Waals surface area contributed by atoms with Crippen LogP contribution in [0.15, 0.2) is 24.3 Å². The van der Waals surface area contributed by atoms with Crippen molar-refractivity contribution < 1.29 is 14.6 Å². The zero-order valence-corrected chi connectivity index (χ0v) is 13.5. The number of methoxy groups -OCH3 is 1. The highest BCUT2D eigenvalue weighted by Crippen LogP contribution is 2.32. The summed E-state index contributed by atoms with van der Waals surface area (Å²) < 4.78 is 7.34. The minimum atomic E-state index is -0.819. The van der Waals surface area contributed by atoms with Gasteiger partial charge in [-0.05, 0) is 30.9 Å². The first-order valence-electron chi connectivity index (χ1n) is 7.39. The van der Waals surface area contributed by atoms with Crippen molar-refractivity contribution in [1.82, 2.24) is 9.78 Å². The number of benzene rings is 1. The van der Waals surface area contributed by atoms with Crippen molar-refractivity contribution >= 4 is 5.97 Å². The maximum Gasteiger partial charge on any atom is 0.303 e. The molecule has 1 aromatic carbocycles. The zero-order chi connectivity index (χ0) is 16.3. The van der Waals surface area contributed by atoms with Gasteiger partial charge in [0, 0.05) is 12.0 Å². The minimum absolute atomic E-state index is 0.0650. The Kier molecular flexibility index (Phi) is 4.85. The number of carboxylic acid groups (broad SMARTS) is 1. The first-order valence-corrected chi connectivity index (χ1v) is 7.39. The summed E-state index contributed by atoms with van der Waals surface area (Å²) in [4.78, 5) is 10.9. The van der Waals surface area contributed by atoms with Crippen molar-refractivity contribution in [3.8, 4) is 11.6 Å². The normalized spacial score (nSPS) is 11.0. The van der Waals surface area contributed by atoms with Crippen molar-refractivity contribution in [3.63, 3.8) is 0 Å². The van der Waals surface area contributed by atoms with Crippen LogP contribution in [0.5, 0.6) is 5.88 Å². The molecule has 118 valence electrons. The van der Waals surface area contributed by atoms with E-state index >= 15 is 0 Å². The maximum atomic E-state index is 10.9. The molecule has 1 heterocycles. The van der Waals surface area contributed by atoms with Gasteiger partial charge >= 0.3 is 5.97 Å². The number of nitrogens with zero attached hydrogens (tertiary/aromatic N) is 2. The Morgan fingerprint density at radius 2 is 2.05 bits per heavy atom. The summed E-state index contributed by atoms with van der Waals surface area (Å²) in [5.41, 5.74) is 3.80. The fourth-order valence-corrected chi connectivity index (χ4v) is 2.56. The number of rotatable bonds is 6. The molecule has 0 aliphatic rings. The highest BCUT2D eigenvalue weighted by Gasteiger charge is 2.22. The van der Waals surface area contributed by atoms with E-state index < -0.39 is 5.97 Å². The van der Waals surface area contributed by atoms with E-state index in [9.17, 15) is 4.79 Å². The monoisotopic (exact) mass is 302 g/mol.